The van der Waals surface area contributed by atoms with Crippen molar-refractivity contribution in [3.05, 3.63) is 60.0 Å². The fraction of sp³-hybridized carbons (Fsp3) is 0.364. The average Bonchev–Trinajstić information content (AvgIpc) is 3.37. The maximum atomic E-state index is 13.0. The quantitative estimate of drug-likeness (QED) is 0.672. The monoisotopic (exact) mass is 407 g/mol. The molecule has 8 heteroatoms. The minimum absolute atomic E-state index is 0.0206. The topological polar surface area (TPSA) is 89.3 Å². The second kappa shape index (κ2) is 8.62. The molecule has 1 N–H and O–H groups in total. The molecule has 0 unspecified atom stereocenters. The largest absolute Gasteiger partial charge is 0.384 e. The number of ether oxygens (including phenoxy) is 1. The Labute approximate surface area is 174 Å². The molecule has 1 fully saturated rings. The fourth-order valence-electron chi connectivity index (χ4n) is 3.93. The molecule has 2 atom stereocenters. The van der Waals surface area contributed by atoms with Crippen LogP contribution in [-0.2, 0) is 16.6 Å². The second-order valence-electron chi connectivity index (χ2n) is 7.59. The Balaban J connectivity index is 1.54. The summed E-state index contributed by atoms with van der Waals surface area (Å²) in [4.78, 5) is 31.7. The molecule has 1 aliphatic heterocycles. The van der Waals surface area contributed by atoms with E-state index in [1.54, 1.807) is 41.2 Å². The van der Waals surface area contributed by atoms with Crippen LogP contribution in [0.25, 0.3) is 10.9 Å². The molecule has 4 rings (SSSR count). The van der Waals surface area contributed by atoms with Crippen LogP contribution in [0.4, 0.5) is 0 Å². The van der Waals surface area contributed by atoms with Crippen molar-refractivity contribution in [2.45, 2.75) is 18.4 Å². The lowest BCUT2D eigenvalue weighted by Gasteiger charge is -2.19. The van der Waals surface area contributed by atoms with Crippen LogP contribution in [0.3, 0.4) is 0 Å². The van der Waals surface area contributed by atoms with Gasteiger partial charge in [0.15, 0.2) is 0 Å². The molecule has 1 saturated heterocycles. The number of carbonyl (C=O) groups excluding carboxylic acids is 2. The van der Waals surface area contributed by atoms with Gasteiger partial charge in [0.1, 0.15) is 0 Å². The molecular formula is C22H25N5O3. The van der Waals surface area contributed by atoms with Crippen molar-refractivity contribution in [1.29, 1.82) is 0 Å². The third kappa shape index (κ3) is 4.18. The van der Waals surface area contributed by atoms with Gasteiger partial charge < -0.3 is 15.0 Å². The van der Waals surface area contributed by atoms with E-state index in [9.17, 15) is 9.59 Å². The summed E-state index contributed by atoms with van der Waals surface area (Å²) in [5, 5.41) is 8.37. The normalized spacial score (nSPS) is 18.7. The number of amides is 2. The maximum absolute atomic E-state index is 13.0. The predicted octanol–water partition coefficient (Wildman–Crippen LogP) is 1.73. The summed E-state index contributed by atoms with van der Waals surface area (Å²) in [7, 11) is 3.44. The van der Waals surface area contributed by atoms with Crippen LogP contribution >= 0.6 is 0 Å². The smallest absolute Gasteiger partial charge is 0.251 e. The standard InChI is InChI=1S/C22H25N5O3/c1-26-12-17(11-24-26)18-13-27(21(28)7-9-30-2)14-20(18)25-22(29)16-6-5-15-4-3-8-23-19(15)10-16/h3-6,8,10-12,18,20H,7,9,13-14H2,1-2H3,(H,25,29)/t18-,20+/m0/s1. The van der Waals surface area contributed by atoms with E-state index in [1.807, 2.05) is 31.4 Å². The molecule has 0 aliphatic carbocycles. The molecular weight excluding hydrogens is 382 g/mol. The molecule has 1 aromatic carbocycles. The van der Waals surface area contributed by atoms with E-state index in [0.29, 0.717) is 31.7 Å². The number of nitrogens with one attached hydrogen (secondary N) is 1. The highest BCUT2D eigenvalue weighted by Gasteiger charge is 2.37. The number of hydrogen-bond acceptors (Lipinski definition) is 5. The van der Waals surface area contributed by atoms with Gasteiger partial charge in [0, 0.05) is 56.5 Å². The van der Waals surface area contributed by atoms with Crippen LogP contribution < -0.4 is 5.32 Å². The molecule has 0 spiro atoms. The van der Waals surface area contributed by atoms with Crippen LogP contribution in [0.15, 0.2) is 48.9 Å². The van der Waals surface area contributed by atoms with Crippen LogP contribution in [0.2, 0.25) is 0 Å². The van der Waals surface area contributed by atoms with Crippen LogP contribution in [0, 0.1) is 0 Å². The minimum atomic E-state index is -0.201. The van der Waals surface area contributed by atoms with E-state index in [1.165, 1.54) is 0 Å². The summed E-state index contributed by atoms with van der Waals surface area (Å²) in [6, 6.07) is 9.12. The van der Waals surface area contributed by atoms with Crippen molar-refractivity contribution in [3.8, 4) is 0 Å². The number of pyridine rings is 1. The number of benzene rings is 1. The van der Waals surface area contributed by atoms with E-state index in [4.69, 9.17) is 4.74 Å². The maximum Gasteiger partial charge on any atom is 0.251 e. The summed E-state index contributed by atoms with van der Waals surface area (Å²) in [5.41, 5.74) is 2.33. The summed E-state index contributed by atoms with van der Waals surface area (Å²) in [5.74, 6) is -0.169. The lowest BCUT2D eigenvalue weighted by Crippen LogP contribution is -2.40. The number of likely N-dealkylation sites (tertiary alicyclic amines) is 1. The Hall–Kier alpha value is -3.26. The number of fused-ring (bicyclic) bond motifs is 1. The molecule has 30 heavy (non-hydrogen) atoms. The molecule has 1 aliphatic rings. The molecule has 3 heterocycles. The Bertz CT molecular complexity index is 1060. The summed E-state index contributed by atoms with van der Waals surface area (Å²) in [6.07, 6.45) is 5.77. The van der Waals surface area contributed by atoms with Gasteiger partial charge in [-0.25, -0.2) is 0 Å². The molecule has 0 radical (unpaired) electrons. The van der Waals surface area contributed by atoms with Gasteiger partial charge in [-0.3, -0.25) is 19.3 Å². The van der Waals surface area contributed by atoms with Crippen molar-refractivity contribution in [2.24, 2.45) is 7.05 Å². The van der Waals surface area contributed by atoms with Gasteiger partial charge in [0.2, 0.25) is 5.91 Å². The lowest BCUT2D eigenvalue weighted by molar-refractivity contribution is -0.131. The van der Waals surface area contributed by atoms with E-state index in [0.717, 1.165) is 16.5 Å². The summed E-state index contributed by atoms with van der Waals surface area (Å²) < 4.78 is 6.77. The third-order valence-corrected chi connectivity index (χ3v) is 5.53. The number of nitrogens with zero attached hydrogens (tertiary/aromatic N) is 4. The average molecular weight is 407 g/mol. The zero-order valence-electron chi connectivity index (χ0n) is 17.1. The van der Waals surface area contributed by atoms with Crippen molar-refractivity contribution >= 4 is 22.7 Å². The molecule has 2 amide bonds. The van der Waals surface area contributed by atoms with Gasteiger partial charge in [-0.2, -0.15) is 5.10 Å². The first-order valence-electron chi connectivity index (χ1n) is 9.96. The highest BCUT2D eigenvalue weighted by Crippen LogP contribution is 2.28. The van der Waals surface area contributed by atoms with Gasteiger partial charge in [0.05, 0.1) is 30.8 Å². The van der Waals surface area contributed by atoms with Crippen molar-refractivity contribution < 1.29 is 14.3 Å². The van der Waals surface area contributed by atoms with Crippen molar-refractivity contribution in [3.63, 3.8) is 0 Å². The summed E-state index contributed by atoms with van der Waals surface area (Å²) >= 11 is 0. The fourth-order valence-corrected chi connectivity index (χ4v) is 3.93. The molecule has 3 aromatic rings. The number of rotatable bonds is 6. The SMILES string of the molecule is COCCC(=O)N1C[C@@H](NC(=O)c2ccc3cccnc3c2)[C@H](c2cnn(C)c2)C1. The second-order valence-corrected chi connectivity index (χ2v) is 7.59. The number of hydrogen-bond donors (Lipinski definition) is 1. The Kier molecular flexibility index (Phi) is 5.76. The van der Waals surface area contributed by atoms with Gasteiger partial charge in [-0.05, 0) is 23.8 Å². The van der Waals surface area contributed by atoms with E-state index in [-0.39, 0.29) is 23.8 Å². The van der Waals surface area contributed by atoms with Crippen LogP contribution in [0.1, 0.15) is 28.3 Å². The van der Waals surface area contributed by atoms with Crippen molar-refractivity contribution in [1.82, 2.24) is 25.0 Å². The first kappa shape index (κ1) is 20.0. The van der Waals surface area contributed by atoms with Crippen LogP contribution in [-0.4, -0.2) is 64.3 Å². The minimum Gasteiger partial charge on any atom is -0.384 e. The number of aromatic nitrogens is 3. The summed E-state index contributed by atoms with van der Waals surface area (Å²) in [6.45, 7) is 1.38. The molecule has 2 aromatic heterocycles. The van der Waals surface area contributed by atoms with E-state index < -0.39 is 0 Å². The van der Waals surface area contributed by atoms with Gasteiger partial charge >= 0.3 is 0 Å². The van der Waals surface area contributed by atoms with Crippen molar-refractivity contribution in [2.75, 3.05) is 26.8 Å². The number of carbonyl (C=O) groups is 2. The van der Waals surface area contributed by atoms with Gasteiger partial charge in [-0.15, -0.1) is 0 Å². The highest BCUT2D eigenvalue weighted by atomic mass is 16.5. The van der Waals surface area contributed by atoms with E-state index in [2.05, 4.69) is 15.4 Å². The molecule has 8 nitrogen and oxygen atoms in total. The van der Waals surface area contributed by atoms with E-state index >= 15 is 0 Å². The first-order valence-corrected chi connectivity index (χ1v) is 9.96. The Morgan fingerprint density at radius 2 is 2.13 bits per heavy atom. The highest BCUT2D eigenvalue weighted by molar-refractivity contribution is 5.98. The zero-order chi connectivity index (χ0) is 21.1. The number of aryl methyl sites for hydroxylation is 1. The molecule has 156 valence electrons. The Morgan fingerprint density at radius 3 is 2.90 bits per heavy atom. The third-order valence-electron chi connectivity index (χ3n) is 5.53. The number of methoxy groups -OCH3 is 1. The Morgan fingerprint density at radius 1 is 1.27 bits per heavy atom. The predicted molar refractivity (Wildman–Crippen MR) is 112 cm³/mol. The van der Waals surface area contributed by atoms with Crippen LogP contribution in [0.5, 0.6) is 0 Å². The molecule has 0 bridgehead atoms. The first-order chi connectivity index (χ1) is 14.5. The van der Waals surface area contributed by atoms with Gasteiger partial charge in [0.25, 0.3) is 5.91 Å². The van der Waals surface area contributed by atoms with Gasteiger partial charge in [-0.1, -0.05) is 12.1 Å². The zero-order valence-corrected chi connectivity index (χ0v) is 17.1. The lowest BCUT2D eigenvalue weighted by atomic mass is 9.97. The molecule has 0 saturated carbocycles.